The first-order valence-corrected chi connectivity index (χ1v) is 6.71. The summed E-state index contributed by atoms with van der Waals surface area (Å²) in [6.07, 6.45) is 3.16. The zero-order valence-corrected chi connectivity index (χ0v) is 11.1. The number of hydrogen-bond acceptors (Lipinski definition) is 3. The van der Waals surface area contributed by atoms with E-state index in [9.17, 15) is 4.79 Å². The van der Waals surface area contributed by atoms with Crippen molar-refractivity contribution in [1.82, 2.24) is 10.2 Å². The van der Waals surface area contributed by atoms with Gasteiger partial charge in [0.2, 0.25) is 5.91 Å². The van der Waals surface area contributed by atoms with Crippen molar-refractivity contribution in [3.05, 3.63) is 0 Å². The van der Waals surface area contributed by atoms with E-state index < -0.39 is 0 Å². The maximum Gasteiger partial charge on any atom is 0.234 e. The number of amides is 1. The molecule has 17 heavy (non-hydrogen) atoms. The number of nitrogens with zero attached hydrogens (tertiary/aromatic N) is 1. The number of aliphatic hydroxyl groups is 1. The van der Waals surface area contributed by atoms with Crippen LogP contribution in [0.25, 0.3) is 0 Å². The molecule has 1 heterocycles. The molecule has 0 bridgehead atoms. The molecule has 0 aromatic heterocycles. The highest BCUT2D eigenvalue weighted by atomic mass is 16.3. The molecular weight excluding hydrogens is 216 g/mol. The molecule has 2 N–H and O–H groups in total. The van der Waals surface area contributed by atoms with Crippen LogP contribution in [0.4, 0.5) is 0 Å². The molecule has 1 aliphatic rings. The average Bonchev–Trinajstić information content (AvgIpc) is 2.30. The smallest absolute Gasteiger partial charge is 0.234 e. The number of nitrogens with one attached hydrogen (secondary N) is 1. The van der Waals surface area contributed by atoms with Crippen molar-refractivity contribution in [2.75, 3.05) is 32.8 Å². The third-order valence-electron chi connectivity index (χ3n) is 3.51. The van der Waals surface area contributed by atoms with Gasteiger partial charge in [-0.15, -0.1) is 0 Å². The minimum atomic E-state index is 0.115. The van der Waals surface area contributed by atoms with Crippen LogP contribution in [0.5, 0.6) is 0 Å². The van der Waals surface area contributed by atoms with Crippen LogP contribution in [0.1, 0.15) is 33.1 Å². The Balaban J connectivity index is 2.12. The van der Waals surface area contributed by atoms with Gasteiger partial charge in [-0.1, -0.05) is 13.8 Å². The van der Waals surface area contributed by atoms with Crippen molar-refractivity contribution >= 4 is 5.91 Å². The van der Waals surface area contributed by atoms with E-state index in [1.165, 1.54) is 12.8 Å². The highest BCUT2D eigenvalue weighted by Gasteiger charge is 2.17. The average molecular weight is 242 g/mol. The van der Waals surface area contributed by atoms with Gasteiger partial charge in [-0.25, -0.2) is 0 Å². The SMILES string of the molecule is CC1CCN(CC(=O)NCC(C)CCO)CC1. The minimum absolute atomic E-state index is 0.115. The normalized spacial score (nSPS) is 20.2. The van der Waals surface area contributed by atoms with Gasteiger partial charge < -0.3 is 10.4 Å². The predicted molar refractivity (Wildman–Crippen MR) is 68.7 cm³/mol. The number of aliphatic hydroxyl groups excluding tert-OH is 1. The van der Waals surface area contributed by atoms with E-state index in [1.54, 1.807) is 0 Å². The molecule has 1 fully saturated rings. The summed E-state index contributed by atoms with van der Waals surface area (Å²) >= 11 is 0. The summed E-state index contributed by atoms with van der Waals surface area (Å²) in [6, 6.07) is 0. The molecule has 1 amide bonds. The second kappa shape index (κ2) is 7.67. The van der Waals surface area contributed by atoms with Gasteiger partial charge in [0.1, 0.15) is 0 Å². The maximum atomic E-state index is 11.7. The molecule has 0 aromatic rings. The number of hydrogen-bond donors (Lipinski definition) is 2. The Labute approximate surface area is 104 Å². The lowest BCUT2D eigenvalue weighted by atomic mass is 9.99. The lowest BCUT2D eigenvalue weighted by Gasteiger charge is -2.29. The standard InChI is InChI=1S/C13H26N2O2/c1-11-3-6-15(7-4-11)10-13(17)14-9-12(2)5-8-16/h11-12,16H,3-10H2,1-2H3,(H,14,17). The molecule has 1 rings (SSSR count). The van der Waals surface area contributed by atoms with Crippen LogP contribution in [0.2, 0.25) is 0 Å². The largest absolute Gasteiger partial charge is 0.396 e. The summed E-state index contributed by atoms with van der Waals surface area (Å²) < 4.78 is 0. The zero-order valence-electron chi connectivity index (χ0n) is 11.1. The summed E-state index contributed by atoms with van der Waals surface area (Å²) in [5.74, 6) is 1.27. The predicted octanol–water partition coefficient (Wildman–Crippen LogP) is 0.853. The lowest BCUT2D eigenvalue weighted by molar-refractivity contribution is -0.122. The molecule has 0 saturated carbocycles. The molecular formula is C13H26N2O2. The number of likely N-dealkylation sites (tertiary alicyclic amines) is 1. The number of carbonyl (C=O) groups is 1. The third-order valence-corrected chi connectivity index (χ3v) is 3.51. The van der Waals surface area contributed by atoms with E-state index in [0.29, 0.717) is 19.0 Å². The van der Waals surface area contributed by atoms with E-state index in [0.717, 1.165) is 25.4 Å². The van der Waals surface area contributed by atoms with Crippen LogP contribution < -0.4 is 5.32 Å². The Hall–Kier alpha value is -0.610. The minimum Gasteiger partial charge on any atom is -0.396 e. The monoisotopic (exact) mass is 242 g/mol. The van der Waals surface area contributed by atoms with Gasteiger partial charge in [0.05, 0.1) is 6.54 Å². The second-order valence-electron chi connectivity index (χ2n) is 5.38. The van der Waals surface area contributed by atoms with E-state index in [1.807, 2.05) is 6.92 Å². The molecule has 4 nitrogen and oxygen atoms in total. The quantitative estimate of drug-likeness (QED) is 0.726. The number of rotatable bonds is 6. The molecule has 1 unspecified atom stereocenters. The van der Waals surface area contributed by atoms with Crippen molar-refractivity contribution in [2.24, 2.45) is 11.8 Å². The molecule has 0 aliphatic carbocycles. The van der Waals surface area contributed by atoms with Gasteiger partial charge in [-0.05, 0) is 44.2 Å². The van der Waals surface area contributed by atoms with Gasteiger partial charge in [0.15, 0.2) is 0 Å². The van der Waals surface area contributed by atoms with Crippen LogP contribution in [-0.4, -0.2) is 48.7 Å². The number of carbonyl (C=O) groups excluding carboxylic acids is 1. The van der Waals surface area contributed by atoms with Crippen molar-refractivity contribution < 1.29 is 9.90 Å². The lowest BCUT2D eigenvalue weighted by Crippen LogP contribution is -2.42. The zero-order chi connectivity index (χ0) is 12.7. The fourth-order valence-electron chi connectivity index (χ4n) is 2.09. The fourth-order valence-corrected chi connectivity index (χ4v) is 2.09. The van der Waals surface area contributed by atoms with Gasteiger partial charge in [0, 0.05) is 13.2 Å². The molecule has 1 aliphatic heterocycles. The van der Waals surface area contributed by atoms with Crippen molar-refractivity contribution in [1.29, 1.82) is 0 Å². The summed E-state index contributed by atoms with van der Waals surface area (Å²) in [5.41, 5.74) is 0. The topological polar surface area (TPSA) is 52.6 Å². The van der Waals surface area contributed by atoms with Gasteiger partial charge in [0.25, 0.3) is 0 Å². The Morgan fingerprint density at radius 1 is 1.47 bits per heavy atom. The van der Waals surface area contributed by atoms with Gasteiger partial charge in [-0.2, -0.15) is 0 Å². The van der Waals surface area contributed by atoms with Crippen LogP contribution in [0, 0.1) is 11.8 Å². The van der Waals surface area contributed by atoms with Crippen molar-refractivity contribution in [3.63, 3.8) is 0 Å². The van der Waals surface area contributed by atoms with Crippen LogP contribution in [0.15, 0.2) is 0 Å². The molecule has 4 heteroatoms. The van der Waals surface area contributed by atoms with Crippen LogP contribution in [0.3, 0.4) is 0 Å². The Kier molecular flexibility index (Phi) is 6.52. The van der Waals surface area contributed by atoms with Crippen LogP contribution >= 0.6 is 0 Å². The summed E-state index contributed by atoms with van der Waals surface area (Å²) in [4.78, 5) is 13.9. The first-order chi connectivity index (χ1) is 8.11. The van der Waals surface area contributed by atoms with E-state index >= 15 is 0 Å². The summed E-state index contributed by atoms with van der Waals surface area (Å²) in [7, 11) is 0. The molecule has 1 atom stereocenters. The van der Waals surface area contributed by atoms with Crippen molar-refractivity contribution in [2.45, 2.75) is 33.1 Å². The first kappa shape index (κ1) is 14.5. The molecule has 0 spiro atoms. The molecule has 0 radical (unpaired) electrons. The third kappa shape index (κ3) is 6.03. The Morgan fingerprint density at radius 2 is 2.12 bits per heavy atom. The number of piperidine rings is 1. The highest BCUT2D eigenvalue weighted by molar-refractivity contribution is 5.78. The van der Waals surface area contributed by atoms with E-state index in [4.69, 9.17) is 5.11 Å². The summed E-state index contributed by atoms with van der Waals surface area (Å²) in [6.45, 7) is 7.79. The molecule has 100 valence electrons. The Bertz CT molecular complexity index is 225. The van der Waals surface area contributed by atoms with Crippen molar-refractivity contribution in [3.8, 4) is 0 Å². The molecule has 0 aromatic carbocycles. The first-order valence-electron chi connectivity index (χ1n) is 6.71. The Morgan fingerprint density at radius 3 is 2.71 bits per heavy atom. The fraction of sp³-hybridized carbons (Fsp3) is 0.923. The van der Waals surface area contributed by atoms with Crippen LogP contribution in [-0.2, 0) is 4.79 Å². The van der Waals surface area contributed by atoms with Gasteiger partial charge in [-0.3, -0.25) is 9.69 Å². The highest BCUT2D eigenvalue weighted by Crippen LogP contribution is 2.15. The van der Waals surface area contributed by atoms with E-state index in [-0.39, 0.29) is 12.5 Å². The second-order valence-corrected chi connectivity index (χ2v) is 5.38. The maximum absolute atomic E-state index is 11.7. The van der Waals surface area contributed by atoms with Gasteiger partial charge >= 0.3 is 0 Å². The molecule has 1 saturated heterocycles. The summed E-state index contributed by atoms with van der Waals surface area (Å²) in [5, 5.41) is 11.7. The van der Waals surface area contributed by atoms with E-state index in [2.05, 4.69) is 17.1 Å².